The number of anilines is 1. The summed E-state index contributed by atoms with van der Waals surface area (Å²) in [6.45, 7) is 0.0755. The minimum absolute atomic E-state index is 0.0755. The van der Waals surface area contributed by atoms with Crippen LogP contribution in [0.5, 0.6) is 5.75 Å². The van der Waals surface area contributed by atoms with Crippen LogP contribution in [-0.4, -0.2) is 12.8 Å². The van der Waals surface area contributed by atoms with Gasteiger partial charge in [-0.25, -0.2) is 4.79 Å². The minimum atomic E-state index is -0.370. The highest BCUT2D eigenvalue weighted by atomic mass is 16.5. The van der Waals surface area contributed by atoms with Crippen molar-refractivity contribution in [3.05, 3.63) is 60.2 Å². The zero-order valence-corrected chi connectivity index (χ0v) is 10.7. The summed E-state index contributed by atoms with van der Waals surface area (Å²) in [6.07, 6.45) is 0. The third kappa shape index (κ3) is 4.03. The van der Waals surface area contributed by atoms with E-state index in [0.717, 1.165) is 0 Å². The van der Waals surface area contributed by atoms with Crippen LogP contribution in [0.3, 0.4) is 0 Å². The SMILES string of the molecule is N#Cc1ccc(NC(=O)NCOc2ccccc2)cc1. The highest BCUT2D eigenvalue weighted by molar-refractivity contribution is 5.89. The number of urea groups is 1. The van der Waals surface area contributed by atoms with E-state index < -0.39 is 0 Å². The summed E-state index contributed by atoms with van der Waals surface area (Å²) >= 11 is 0. The Kier molecular flexibility index (Phi) is 4.57. The second kappa shape index (κ2) is 6.81. The van der Waals surface area contributed by atoms with Gasteiger partial charge in [0, 0.05) is 5.69 Å². The third-order valence-electron chi connectivity index (χ3n) is 2.49. The maximum atomic E-state index is 11.6. The lowest BCUT2D eigenvalue weighted by Crippen LogP contribution is -2.31. The molecule has 2 aromatic carbocycles. The van der Waals surface area contributed by atoms with Gasteiger partial charge in [0.1, 0.15) is 5.75 Å². The van der Waals surface area contributed by atoms with E-state index in [-0.39, 0.29) is 12.8 Å². The van der Waals surface area contributed by atoms with E-state index in [0.29, 0.717) is 17.0 Å². The summed E-state index contributed by atoms with van der Waals surface area (Å²) in [7, 11) is 0. The van der Waals surface area contributed by atoms with Gasteiger partial charge in [-0.2, -0.15) is 5.26 Å². The van der Waals surface area contributed by atoms with Gasteiger partial charge in [-0.15, -0.1) is 0 Å². The van der Waals surface area contributed by atoms with Crippen molar-refractivity contribution in [1.29, 1.82) is 5.26 Å². The Morgan fingerprint density at radius 2 is 1.80 bits per heavy atom. The molecule has 2 aromatic rings. The van der Waals surface area contributed by atoms with Gasteiger partial charge < -0.3 is 15.4 Å². The molecule has 0 aromatic heterocycles. The largest absolute Gasteiger partial charge is 0.473 e. The number of ether oxygens (including phenoxy) is 1. The summed E-state index contributed by atoms with van der Waals surface area (Å²) in [5, 5.41) is 13.9. The second-order valence-corrected chi connectivity index (χ2v) is 3.92. The monoisotopic (exact) mass is 267 g/mol. The van der Waals surface area contributed by atoms with Crippen LogP contribution in [0.4, 0.5) is 10.5 Å². The van der Waals surface area contributed by atoms with Gasteiger partial charge in [0.05, 0.1) is 11.6 Å². The van der Waals surface area contributed by atoms with Crippen molar-refractivity contribution in [3.8, 4) is 11.8 Å². The first-order valence-electron chi connectivity index (χ1n) is 6.01. The van der Waals surface area contributed by atoms with Crippen molar-refractivity contribution in [2.45, 2.75) is 0 Å². The van der Waals surface area contributed by atoms with Gasteiger partial charge in [-0.05, 0) is 36.4 Å². The number of nitriles is 1. The molecule has 2 N–H and O–H groups in total. The Morgan fingerprint density at radius 1 is 1.10 bits per heavy atom. The smallest absolute Gasteiger partial charge is 0.321 e. The van der Waals surface area contributed by atoms with Crippen molar-refractivity contribution in [2.24, 2.45) is 0 Å². The number of hydrogen-bond acceptors (Lipinski definition) is 3. The fourth-order valence-corrected chi connectivity index (χ4v) is 1.51. The fourth-order valence-electron chi connectivity index (χ4n) is 1.51. The molecule has 0 aliphatic rings. The predicted molar refractivity (Wildman–Crippen MR) is 75.2 cm³/mol. The molecule has 5 heteroatoms. The summed E-state index contributed by atoms with van der Waals surface area (Å²) in [6, 6.07) is 17.4. The number of amides is 2. The first kappa shape index (κ1) is 13.4. The van der Waals surface area contributed by atoms with Crippen LogP contribution < -0.4 is 15.4 Å². The maximum Gasteiger partial charge on any atom is 0.321 e. The number of nitrogens with zero attached hydrogens (tertiary/aromatic N) is 1. The molecule has 0 fully saturated rings. The molecule has 2 amide bonds. The molecule has 0 heterocycles. The molecule has 0 spiro atoms. The summed E-state index contributed by atoms with van der Waals surface area (Å²) in [5.41, 5.74) is 1.16. The molecule has 0 unspecified atom stereocenters. The number of rotatable bonds is 4. The molecule has 0 aliphatic heterocycles. The molecule has 0 radical (unpaired) electrons. The van der Waals surface area contributed by atoms with Crippen LogP contribution in [0.2, 0.25) is 0 Å². The van der Waals surface area contributed by atoms with E-state index in [1.807, 2.05) is 24.3 Å². The van der Waals surface area contributed by atoms with Gasteiger partial charge in [-0.1, -0.05) is 18.2 Å². The molecule has 20 heavy (non-hydrogen) atoms. The standard InChI is InChI=1S/C15H13N3O2/c16-10-12-6-8-13(9-7-12)18-15(19)17-11-20-14-4-2-1-3-5-14/h1-9H,11H2,(H2,17,18,19). The maximum absolute atomic E-state index is 11.6. The lowest BCUT2D eigenvalue weighted by atomic mass is 10.2. The van der Waals surface area contributed by atoms with Crippen LogP contribution in [0.25, 0.3) is 0 Å². The molecule has 5 nitrogen and oxygen atoms in total. The van der Waals surface area contributed by atoms with Crippen molar-refractivity contribution in [2.75, 3.05) is 12.0 Å². The van der Waals surface area contributed by atoms with Gasteiger partial charge >= 0.3 is 6.03 Å². The Hall–Kier alpha value is -3.00. The lowest BCUT2D eigenvalue weighted by molar-refractivity contribution is 0.234. The average Bonchev–Trinajstić information content (AvgIpc) is 2.49. The highest BCUT2D eigenvalue weighted by Gasteiger charge is 2.01. The Morgan fingerprint density at radius 3 is 2.45 bits per heavy atom. The number of benzene rings is 2. The fraction of sp³-hybridized carbons (Fsp3) is 0.0667. The molecular weight excluding hydrogens is 254 g/mol. The van der Waals surface area contributed by atoms with E-state index in [1.54, 1.807) is 36.4 Å². The average molecular weight is 267 g/mol. The first-order chi connectivity index (χ1) is 9.78. The van der Waals surface area contributed by atoms with Gasteiger partial charge in [-0.3, -0.25) is 0 Å². The summed E-state index contributed by atoms with van der Waals surface area (Å²) in [4.78, 5) is 11.6. The van der Waals surface area contributed by atoms with Crippen molar-refractivity contribution >= 4 is 11.7 Å². The molecular formula is C15H13N3O2. The van der Waals surface area contributed by atoms with Crippen LogP contribution in [0.1, 0.15) is 5.56 Å². The normalized spacial score (nSPS) is 9.35. The summed E-state index contributed by atoms with van der Waals surface area (Å²) < 4.78 is 5.34. The molecule has 0 atom stereocenters. The topological polar surface area (TPSA) is 74.2 Å². The molecule has 0 saturated heterocycles. The van der Waals surface area contributed by atoms with Crippen LogP contribution in [0.15, 0.2) is 54.6 Å². The molecule has 0 saturated carbocycles. The lowest BCUT2D eigenvalue weighted by Gasteiger charge is -2.09. The number of carbonyl (C=O) groups excluding carboxylic acids is 1. The molecule has 0 aliphatic carbocycles. The highest BCUT2D eigenvalue weighted by Crippen LogP contribution is 2.09. The number of nitrogens with one attached hydrogen (secondary N) is 2. The second-order valence-electron chi connectivity index (χ2n) is 3.92. The summed E-state index contributed by atoms with van der Waals surface area (Å²) in [5.74, 6) is 0.686. The Bertz CT molecular complexity index is 603. The van der Waals surface area contributed by atoms with Gasteiger partial charge in [0.2, 0.25) is 0 Å². The van der Waals surface area contributed by atoms with Gasteiger partial charge in [0.15, 0.2) is 6.73 Å². The van der Waals surface area contributed by atoms with Crippen LogP contribution in [-0.2, 0) is 0 Å². The zero-order valence-electron chi connectivity index (χ0n) is 10.7. The van der Waals surface area contributed by atoms with E-state index in [9.17, 15) is 4.79 Å². The number of para-hydroxylation sites is 1. The van der Waals surface area contributed by atoms with Crippen molar-refractivity contribution in [1.82, 2.24) is 5.32 Å². The van der Waals surface area contributed by atoms with Crippen LogP contribution in [0, 0.1) is 11.3 Å². The van der Waals surface area contributed by atoms with Crippen molar-refractivity contribution < 1.29 is 9.53 Å². The predicted octanol–water partition coefficient (Wildman–Crippen LogP) is 2.72. The Labute approximate surface area is 116 Å². The number of hydrogen-bond donors (Lipinski definition) is 2. The van der Waals surface area contributed by atoms with Gasteiger partial charge in [0.25, 0.3) is 0 Å². The van der Waals surface area contributed by atoms with E-state index in [4.69, 9.17) is 10.00 Å². The van der Waals surface area contributed by atoms with E-state index >= 15 is 0 Å². The quantitative estimate of drug-likeness (QED) is 0.836. The number of carbonyl (C=O) groups is 1. The molecule has 100 valence electrons. The van der Waals surface area contributed by atoms with Crippen molar-refractivity contribution in [3.63, 3.8) is 0 Å². The van der Waals surface area contributed by atoms with E-state index in [2.05, 4.69) is 10.6 Å². The third-order valence-corrected chi connectivity index (χ3v) is 2.49. The van der Waals surface area contributed by atoms with Crippen LogP contribution >= 0.6 is 0 Å². The zero-order chi connectivity index (χ0) is 14.2. The first-order valence-corrected chi connectivity index (χ1v) is 6.01. The minimum Gasteiger partial charge on any atom is -0.473 e. The molecule has 2 rings (SSSR count). The van der Waals surface area contributed by atoms with E-state index in [1.165, 1.54) is 0 Å². The molecule has 0 bridgehead atoms. The Balaban J connectivity index is 1.76.